The highest BCUT2D eigenvalue weighted by atomic mass is 16.5. The van der Waals surface area contributed by atoms with Gasteiger partial charge in [0.2, 0.25) is 0 Å². The van der Waals surface area contributed by atoms with Gasteiger partial charge >= 0.3 is 0 Å². The molecule has 2 N–H and O–H groups in total. The number of fused-ring (bicyclic) bond motifs is 1. The van der Waals surface area contributed by atoms with Crippen LogP contribution in [0.4, 0.5) is 5.69 Å². The highest BCUT2D eigenvalue weighted by Gasteiger charge is 2.25. The van der Waals surface area contributed by atoms with Gasteiger partial charge in [-0.1, -0.05) is 18.2 Å². The number of para-hydroxylation sites is 1. The number of ether oxygens (including phenoxy) is 2. The van der Waals surface area contributed by atoms with Crippen LogP contribution in [0.5, 0.6) is 11.5 Å². The van der Waals surface area contributed by atoms with E-state index in [1.54, 1.807) is 30.3 Å². The van der Waals surface area contributed by atoms with Gasteiger partial charge in [0.1, 0.15) is 11.5 Å². The summed E-state index contributed by atoms with van der Waals surface area (Å²) in [5.41, 5.74) is 3.03. The Balaban J connectivity index is 1.39. The van der Waals surface area contributed by atoms with Crippen molar-refractivity contribution in [2.75, 3.05) is 32.2 Å². The standard InChI is InChI=1S/C28H31N3O5/c1-19-16-20-8-4-5-10-24(20)31(19)14-7-13-29-28(33)23(18-22-9-6-15-36-22)30-27(32)21-11-12-25(34-2)26(17-21)35-3/h4-6,8-12,15,17-19H,7,13-14,16H2,1-3H3,(H,29,33)(H,30,32)/b23-18-/t19-/m0/s1. The van der Waals surface area contributed by atoms with Crippen LogP contribution in [0, 0.1) is 0 Å². The molecule has 2 amide bonds. The van der Waals surface area contributed by atoms with Gasteiger partial charge in [-0.3, -0.25) is 9.59 Å². The first-order chi connectivity index (χ1) is 17.5. The Morgan fingerprint density at radius 1 is 1.08 bits per heavy atom. The first kappa shape index (κ1) is 24.9. The largest absolute Gasteiger partial charge is 0.493 e. The maximum Gasteiger partial charge on any atom is 0.267 e. The van der Waals surface area contributed by atoms with Crippen LogP contribution in [0.15, 0.2) is 71.0 Å². The second kappa shape index (κ2) is 11.5. The molecule has 1 atom stereocenters. The number of carbonyl (C=O) groups excluding carboxylic acids is 2. The molecule has 0 saturated heterocycles. The molecule has 0 fully saturated rings. The molecule has 1 aliphatic heterocycles. The van der Waals surface area contributed by atoms with Gasteiger partial charge in [-0.15, -0.1) is 0 Å². The summed E-state index contributed by atoms with van der Waals surface area (Å²) in [6.45, 7) is 3.51. The molecule has 4 rings (SSSR count). The molecule has 8 heteroatoms. The van der Waals surface area contributed by atoms with Gasteiger partial charge in [0, 0.05) is 36.5 Å². The highest BCUT2D eigenvalue weighted by molar-refractivity contribution is 6.05. The number of benzene rings is 2. The van der Waals surface area contributed by atoms with Gasteiger partial charge in [0.25, 0.3) is 11.8 Å². The Morgan fingerprint density at radius 2 is 1.89 bits per heavy atom. The van der Waals surface area contributed by atoms with Gasteiger partial charge in [-0.2, -0.15) is 0 Å². The number of carbonyl (C=O) groups is 2. The zero-order valence-corrected chi connectivity index (χ0v) is 20.7. The van der Waals surface area contributed by atoms with E-state index in [9.17, 15) is 9.59 Å². The molecule has 0 spiro atoms. The van der Waals surface area contributed by atoms with Crippen molar-refractivity contribution >= 4 is 23.6 Å². The molecule has 0 unspecified atom stereocenters. The molecule has 0 radical (unpaired) electrons. The molecule has 2 aromatic carbocycles. The lowest BCUT2D eigenvalue weighted by Gasteiger charge is -2.25. The number of hydrogen-bond acceptors (Lipinski definition) is 6. The zero-order valence-electron chi connectivity index (χ0n) is 20.7. The summed E-state index contributed by atoms with van der Waals surface area (Å²) in [5.74, 6) is 0.536. The molecule has 1 aromatic heterocycles. The molecule has 0 saturated carbocycles. The number of rotatable bonds is 10. The normalized spacial score (nSPS) is 14.8. The summed E-state index contributed by atoms with van der Waals surface area (Å²) in [5, 5.41) is 5.63. The van der Waals surface area contributed by atoms with Crippen molar-refractivity contribution in [3.8, 4) is 11.5 Å². The Labute approximate surface area is 210 Å². The van der Waals surface area contributed by atoms with Crippen LogP contribution in [0.25, 0.3) is 6.08 Å². The lowest BCUT2D eigenvalue weighted by Crippen LogP contribution is -2.37. The Hall–Kier alpha value is -4.20. The summed E-state index contributed by atoms with van der Waals surface area (Å²) >= 11 is 0. The van der Waals surface area contributed by atoms with E-state index in [2.05, 4.69) is 46.7 Å². The molecule has 0 bridgehead atoms. The SMILES string of the molecule is COc1ccc(C(=O)N/C(=C\c2ccco2)C(=O)NCCCN2c3ccccc3C[C@@H]2C)cc1OC. The third-order valence-corrected chi connectivity index (χ3v) is 6.18. The first-order valence-corrected chi connectivity index (χ1v) is 11.9. The monoisotopic (exact) mass is 489 g/mol. The lowest BCUT2D eigenvalue weighted by molar-refractivity contribution is -0.117. The minimum absolute atomic E-state index is 0.0876. The van der Waals surface area contributed by atoms with E-state index in [1.807, 2.05) is 0 Å². The van der Waals surface area contributed by atoms with E-state index in [-0.39, 0.29) is 5.70 Å². The van der Waals surface area contributed by atoms with Crippen molar-refractivity contribution in [1.29, 1.82) is 0 Å². The quantitative estimate of drug-likeness (QED) is 0.330. The fourth-order valence-corrected chi connectivity index (χ4v) is 4.36. The number of furan rings is 1. The summed E-state index contributed by atoms with van der Waals surface area (Å²) in [7, 11) is 3.02. The van der Waals surface area contributed by atoms with Crippen LogP contribution in [-0.2, 0) is 11.2 Å². The molecule has 188 valence electrons. The molecule has 8 nitrogen and oxygen atoms in total. The minimum Gasteiger partial charge on any atom is -0.493 e. The average Bonchev–Trinajstić information content (AvgIpc) is 3.52. The first-order valence-electron chi connectivity index (χ1n) is 11.9. The fraction of sp³-hybridized carbons (Fsp3) is 0.286. The number of methoxy groups -OCH3 is 2. The van der Waals surface area contributed by atoms with Gasteiger partial charge in [0.15, 0.2) is 11.5 Å². The van der Waals surface area contributed by atoms with E-state index >= 15 is 0 Å². The third-order valence-electron chi connectivity index (χ3n) is 6.18. The van der Waals surface area contributed by atoms with Crippen molar-refractivity contribution in [2.45, 2.75) is 25.8 Å². The van der Waals surface area contributed by atoms with E-state index in [0.717, 1.165) is 19.4 Å². The topological polar surface area (TPSA) is 93.0 Å². The highest BCUT2D eigenvalue weighted by Crippen LogP contribution is 2.31. The minimum atomic E-state index is -0.452. The Bertz CT molecular complexity index is 1240. The number of nitrogens with zero attached hydrogens (tertiary/aromatic N) is 1. The van der Waals surface area contributed by atoms with Crippen LogP contribution in [0.3, 0.4) is 0 Å². The van der Waals surface area contributed by atoms with Crippen LogP contribution in [0.2, 0.25) is 0 Å². The summed E-state index contributed by atoms with van der Waals surface area (Å²) in [4.78, 5) is 28.3. The smallest absolute Gasteiger partial charge is 0.267 e. The van der Waals surface area contributed by atoms with Crippen LogP contribution in [-0.4, -0.2) is 45.2 Å². The molecule has 3 aromatic rings. The fourth-order valence-electron chi connectivity index (χ4n) is 4.36. The lowest BCUT2D eigenvalue weighted by atomic mass is 10.1. The number of anilines is 1. The summed E-state index contributed by atoms with van der Waals surface area (Å²) in [6.07, 6.45) is 4.81. The predicted molar refractivity (Wildman–Crippen MR) is 138 cm³/mol. The Kier molecular flexibility index (Phi) is 7.95. The molecule has 1 aliphatic rings. The van der Waals surface area contributed by atoms with Crippen LogP contribution < -0.4 is 25.0 Å². The van der Waals surface area contributed by atoms with Gasteiger partial charge in [-0.05, 0) is 61.7 Å². The van der Waals surface area contributed by atoms with Crippen molar-refractivity contribution in [3.63, 3.8) is 0 Å². The van der Waals surface area contributed by atoms with Crippen molar-refractivity contribution in [3.05, 3.63) is 83.4 Å². The maximum absolute atomic E-state index is 13.0. The van der Waals surface area contributed by atoms with Crippen molar-refractivity contribution < 1.29 is 23.5 Å². The van der Waals surface area contributed by atoms with Gasteiger partial charge in [0.05, 0.1) is 20.5 Å². The number of nitrogens with one attached hydrogen (secondary N) is 2. The van der Waals surface area contributed by atoms with Crippen molar-refractivity contribution in [2.24, 2.45) is 0 Å². The third kappa shape index (κ3) is 5.71. The molecular formula is C28H31N3O5. The second-order valence-corrected chi connectivity index (χ2v) is 8.58. The Morgan fingerprint density at radius 3 is 2.64 bits per heavy atom. The molecule has 2 heterocycles. The van der Waals surface area contributed by atoms with E-state index in [4.69, 9.17) is 13.9 Å². The van der Waals surface area contributed by atoms with Crippen molar-refractivity contribution in [1.82, 2.24) is 10.6 Å². The zero-order chi connectivity index (χ0) is 25.5. The van der Waals surface area contributed by atoms with E-state index < -0.39 is 11.8 Å². The van der Waals surface area contributed by atoms with E-state index in [1.165, 1.54) is 37.8 Å². The van der Waals surface area contributed by atoms with Crippen LogP contribution in [0.1, 0.15) is 35.0 Å². The number of hydrogen-bond donors (Lipinski definition) is 2. The number of amides is 2. The predicted octanol–water partition coefficient (Wildman–Crippen LogP) is 4.03. The second-order valence-electron chi connectivity index (χ2n) is 8.58. The molecular weight excluding hydrogens is 458 g/mol. The summed E-state index contributed by atoms with van der Waals surface area (Å²) < 4.78 is 15.9. The molecule has 0 aliphatic carbocycles. The average molecular weight is 490 g/mol. The van der Waals surface area contributed by atoms with Gasteiger partial charge in [-0.25, -0.2) is 0 Å². The summed E-state index contributed by atoms with van der Waals surface area (Å²) in [6, 6.07) is 17.1. The van der Waals surface area contributed by atoms with Crippen LogP contribution >= 0.6 is 0 Å². The molecule has 36 heavy (non-hydrogen) atoms. The van der Waals surface area contributed by atoms with E-state index in [0.29, 0.717) is 35.4 Å². The van der Waals surface area contributed by atoms with Gasteiger partial charge < -0.3 is 29.4 Å². The maximum atomic E-state index is 13.0.